The van der Waals surface area contributed by atoms with Crippen molar-refractivity contribution in [3.8, 4) is 0 Å². The second-order valence-electron chi connectivity index (χ2n) is 7.33. The van der Waals surface area contributed by atoms with Crippen LogP contribution in [-0.2, 0) is 11.2 Å². The first kappa shape index (κ1) is 19.7. The van der Waals surface area contributed by atoms with Crippen molar-refractivity contribution < 1.29 is 4.79 Å². The molecule has 0 aliphatic carbocycles. The fourth-order valence-corrected chi connectivity index (χ4v) is 3.49. The summed E-state index contributed by atoms with van der Waals surface area (Å²) in [6.45, 7) is 1.54. The van der Waals surface area contributed by atoms with Gasteiger partial charge in [0.15, 0.2) is 0 Å². The molecule has 7 heteroatoms. The lowest BCUT2D eigenvalue weighted by Gasteiger charge is -2.31. The molecule has 1 amide bonds. The average Bonchev–Trinajstić information content (AvgIpc) is 2.81. The minimum atomic E-state index is 0.0574. The molecule has 7 nitrogen and oxygen atoms in total. The van der Waals surface area contributed by atoms with Crippen molar-refractivity contribution in [2.75, 3.05) is 18.4 Å². The van der Waals surface area contributed by atoms with Crippen LogP contribution in [0.5, 0.6) is 0 Å². The quantitative estimate of drug-likeness (QED) is 0.638. The molecule has 1 saturated heterocycles. The van der Waals surface area contributed by atoms with Gasteiger partial charge in [-0.05, 0) is 55.0 Å². The molecule has 0 radical (unpaired) electrons. The maximum atomic E-state index is 12.4. The van der Waals surface area contributed by atoms with Crippen LogP contribution in [0.15, 0.2) is 67.4 Å². The minimum Gasteiger partial charge on any atom is -0.339 e. The van der Waals surface area contributed by atoms with Gasteiger partial charge in [-0.25, -0.2) is 9.97 Å². The van der Waals surface area contributed by atoms with Crippen molar-refractivity contribution in [3.63, 3.8) is 0 Å². The molecule has 1 aliphatic heterocycles. The molecule has 1 aliphatic rings. The Bertz CT molecular complexity index is 968. The summed E-state index contributed by atoms with van der Waals surface area (Å²) in [6.07, 6.45) is 15.0. The van der Waals surface area contributed by atoms with E-state index >= 15 is 0 Å². The Balaban J connectivity index is 1.24. The number of anilines is 2. The molecule has 0 unspecified atom stereocenters. The van der Waals surface area contributed by atoms with Gasteiger partial charge in [0.25, 0.3) is 0 Å². The highest BCUT2D eigenvalue weighted by Gasteiger charge is 2.22. The molecule has 152 valence electrons. The number of carbonyl (C=O) groups is 1. The molecule has 0 atom stereocenters. The maximum absolute atomic E-state index is 12.4. The standard InChI is InChI=1S/C23H24N6O/c30-23(7-6-19-4-3-10-24-15-19)29-12-8-18(9-13-29)14-20-16-27-22(17-26-20)28-21-5-1-2-11-25-21/h1-7,10-11,15-18H,8-9,12-14H2,(H,25,27,28)/b7-6+. The Kier molecular flexibility index (Phi) is 6.39. The molecule has 3 aromatic heterocycles. The van der Waals surface area contributed by atoms with Gasteiger partial charge < -0.3 is 10.2 Å². The Morgan fingerprint density at radius 2 is 1.90 bits per heavy atom. The zero-order valence-electron chi connectivity index (χ0n) is 16.7. The molecule has 3 aromatic rings. The number of hydrogen-bond acceptors (Lipinski definition) is 6. The third-order valence-corrected chi connectivity index (χ3v) is 5.15. The van der Waals surface area contributed by atoms with Crippen LogP contribution in [-0.4, -0.2) is 43.8 Å². The number of aromatic nitrogens is 4. The molecular formula is C23H24N6O. The van der Waals surface area contributed by atoms with E-state index < -0.39 is 0 Å². The number of piperidine rings is 1. The number of amides is 1. The zero-order chi connectivity index (χ0) is 20.6. The number of nitrogens with zero attached hydrogens (tertiary/aromatic N) is 5. The number of carbonyl (C=O) groups excluding carboxylic acids is 1. The van der Waals surface area contributed by atoms with Crippen LogP contribution >= 0.6 is 0 Å². The fourth-order valence-electron chi connectivity index (χ4n) is 3.49. The third kappa shape index (κ3) is 5.47. The lowest BCUT2D eigenvalue weighted by molar-refractivity contribution is -0.127. The van der Waals surface area contributed by atoms with Crippen LogP contribution in [0, 0.1) is 5.92 Å². The summed E-state index contributed by atoms with van der Waals surface area (Å²) in [5.74, 6) is 2.00. The summed E-state index contributed by atoms with van der Waals surface area (Å²) >= 11 is 0. The smallest absolute Gasteiger partial charge is 0.246 e. The summed E-state index contributed by atoms with van der Waals surface area (Å²) in [5.41, 5.74) is 1.91. The maximum Gasteiger partial charge on any atom is 0.246 e. The summed E-state index contributed by atoms with van der Waals surface area (Å²) in [4.78, 5) is 31.6. The monoisotopic (exact) mass is 400 g/mol. The van der Waals surface area contributed by atoms with E-state index in [-0.39, 0.29) is 5.91 Å². The SMILES string of the molecule is O=C(/C=C/c1cccnc1)N1CCC(Cc2cnc(Nc3ccccn3)cn2)CC1. The van der Waals surface area contributed by atoms with Crippen molar-refractivity contribution in [1.82, 2.24) is 24.8 Å². The number of hydrogen-bond donors (Lipinski definition) is 1. The van der Waals surface area contributed by atoms with E-state index in [1.54, 1.807) is 30.9 Å². The number of likely N-dealkylation sites (tertiary alicyclic amines) is 1. The zero-order valence-corrected chi connectivity index (χ0v) is 16.7. The molecule has 1 fully saturated rings. The fraction of sp³-hybridized carbons (Fsp3) is 0.261. The van der Waals surface area contributed by atoms with E-state index in [9.17, 15) is 4.79 Å². The highest BCUT2D eigenvalue weighted by molar-refractivity contribution is 5.91. The molecule has 0 bridgehead atoms. The largest absolute Gasteiger partial charge is 0.339 e. The predicted molar refractivity (Wildman–Crippen MR) is 116 cm³/mol. The highest BCUT2D eigenvalue weighted by Crippen LogP contribution is 2.21. The Morgan fingerprint density at radius 1 is 1.00 bits per heavy atom. The summed E-state index contributed by atoms with van der Waals surface area (Å²) in [5, 5.41) is 3.14. The Labute approximate surface area is 175 Å². The second kappa shape index (κ2) is 9.73. The highest BCUT2D eigenvalue weighted by atomic mass is 16.2. The normalized spacial score (nSPS) is 14.7. The predicted octanol–water partition coefficient (Wildman–Crippen LogP) is 3.50. The summed E-state index contributed by atoms with van der Waals surface area (Å²) in [6, 6.07) is 9.47. The Morgan fingerprint density at radius 3 is 2.60 bits per heavy atom. The Hall–Kier alpha value is -3.61. The van der Waals surface area contributed by atoms with Crippen molar-refractivity contribution >= 4 is 23.6 Å². The first-order valence-corrected chi connectivity index (χ1v) is 10.1. The van der Waals surface area contributed by atoms with Crippen molar-refractivity contribution in [1.29, 1.82) is 0 Å². The van der Waals surface area contributed by atoms with Gasteiger partial charge in [-0.15, -0.1) is 0 Å². The van der Waals surface area contributed by atoms with Gasteiger partial charge in [-0.3, -0.25) is 14.8 Å². The van der Waals surface area contributed by atoms with Crippen LogP contribution in [0.1, 0.15) is 24.1 Å². The van der Waals surface area contributed by atoms with Gasteiger partial charge in [0.1, 0.15) is 11.6 Å². The number of pyridine rings is 2. The lowest BCUT2D eigenvalue weighted by Crippen LogP contribution is -2.38. The van der Waals surface area contributed by atoms with Gasteiger partial charge in [0.2, 0.25) is 5.91 Å². The van der Waals surface area contributed by atoms with Crippen LogP contribution in [0.3, 0.4) is 0 Å². The van der Waals surface area contributed by atoms with Crippen molar-refractivity contribution in [2.24, 2.45) is 5.92 Å². The van der Waals surface area contributed by atoms with E-state index in [2.05, 4.69) is 25.3 Å². The van der Waals surface area contributed by atoms with Gasteiger partial charge in [0.05, 0.1) is 18.1 Å². The van der Waals surface area contributed by atoms with Gasteiger partial charge >= 0.3 is 0 Å². The molecule has 0 aromatic carbocycles. The summed E-state index contributed by atoms with van der Waals surface area (Å²) < 4.78 is 0. The van der Waals surface area contributed by atoms with E-state index in [1.165, 1.54) is 0 Å². The number of rotatable bonds is 6. The van der Waals surface area contributed by atoms with Crippen LogP contribution in [0.2, 0.25) is 0 Å². The second-order valence-corrected chi connectivity index (χ2v) is 7.33. The van der Waals surface area contributed by atoms with Crippen molar-refractivity contribution in [3.05, 3.63) is 78.6 Å². The molecule has 30 heavy (non-hydrogen) atoms. The van der Waals surface area contributed by atoms with E-state index in [1.807, 2.05) is 47.5 Å². The van der Waals surface area contributed by atoms with E-state index in [0.717, 1.165) is 49.4 Å². The van der Waals surface area contributed by atoms with Crippen LogP contribution in [0.4, 0.5) is 11.6 Å². The first-order valence-electron chi connectivity index (χ1n) is 10.1. The molecule has 4 heterocycles. The van der Waals surface area contributed by atoms with E-state index in [0.29, 0.717) is 11.7 Å². The van der Waals surface area contributed by atoms with Crippen LogP contribution in [0.25, 0.3) is 6.08 Å². The average molecular weight is 400 g/mol. The van der Waals surface area contributed by atoms with Gasteiger partial charge in [-0.1, -0.05) is 12.1 Å². The third-order valence-electron chi connectivity index (χ3n) is 5.15. The molecule has 4 rings (SSSR count). The topological polar surface area (TPSA) is 83.9 Å². The molecule has 1 N–H and O–H groups in total. The minimum absolute atomic E-state index is 0.0574. The lowest BCUT2D eigenvalue weighted by atomic mass is 9.92. The van der Waals surface area contributed by atoms with Crippen LogP contribution < -0.4 is 5.32 Å². The first-order chi connectivity index (χ1) is 14.8. The van der Waals surface area contributed by atoms with Gasteiger partial charge in [0, 0.05) is 37.8 Å². The summed E-state index contributed by atoms with van der Waals surface area (Å²) in [7, 11) is 0. The molecule has 0 saturated carbocycles. The van der Waals surface area contributed by atoms with Gasteiger partial charge in [-0.2, -0.15) is 0 Å². The van der Waals surface area contributed by atoms with E-state index in [4.69, 9.17) is 0 Å². The number of nitrogens with one attached hydrogen (secondary N) is 1. The van der Waals surface area contributed by atoms with Crippen molar-refractivity contribution in [2.45, 2.75) is 19.3 Å². The molecule has 0 spiro atoms. The molecular weight excluding hydrogens is 376 g/mol.